The third-order valence-corrected chi connectivity index (χ3v) is 4.79. The van der Waals surface area contributed by atoms with Gasteiger partial charge in [-0.3, -0.25) is 0 Å². The second-order valence-electron chi connectivity index (χ2n) is 5.68. The number of hydrogen-bond donors (Lipinski definition) is 1. The van der Waals surface area contributed by atoms with E-state index in [0.29, 0.717) is 11.8 Å². The molecule has 7 heteroatoms. The molecule has 0 bridgehead atoms. The van der Waals surface area contributed by atoms with Crippen LogP contribution in [0.2, 0.25) is 0 Å². The van der Waals surface area contributed by atoms with Gasteiger partial charge in [-0.15, -0.1) is 10.2 Å². The number of aromatic nitrogens is 4. The Morgan fingerprint density at radius 1 is 1.00 bits per heavy atom. The number of H-pyrrole nitrogens is 1. The molecule has 4 rings (SSSR count). The quantitative estimate of drug-likeness (QED) is 0.497. The molecule has 4 aromatic rings. The van der Waals surface area contributed by atoms with Crippen LogP contribution >= 0.6 is 11.8 Å². The van der Waals surface area contributed by atoms with E-state index in [2.05, 4.69) is 20.2 Å². The van der Waals surface area contributed by atoms with Crippen LogP contribution in [-0.4, -0.2) is 20.2 Å². The largest absolute Gasteiger partial charge is 0.419 e. The molecule has 2 heterocycles. The lowest BCUT2D eigenvalue weighted by atomic mass is 10.2. The fourth-order valence-corrected chi connectivity index (χ4v) is 3.27. The van der Waals surface area contributed by atoms with Gasteiger partial charge in [-0.2, -0.15) is 0 Å². The lowest BCUT2D eigenvalue weighted by molar-refractivity contribution is 0.509. The molecule has 0 fully saturated rings. The van der Waals surface area contributed by atoms with Gasteiger partial charge >= 0.3 is 0 Å². The highest BCUT2D eigenvalue weighted by atomic mass is 32.2. The van der Waals surface area contributed by atoms with Crippen molar-refractivity contribution < 1.29 is 8.81 Å². The number of benzene rings is 2. The monoisotopic (exact) mass is 366 g/mol. The first kappa shape index (κ1) is 16.5. The zero-order valence-corrected chi connectivity index (χ0v) is 14.7. The fraction of sp³-hybridized carbons (Fsp3) is 0.105. The Morgan fingerprint density at radius 3 is 2.54 bits per heavy atom. The predicted octanol–water partition coefficient (Wildman–Crippen LogP) is 5.12. The van der Waals surface area contributed by atoms with Crippen molar-refractivity contribution in [1.82, 2.24) is 20.2 Å². The number of rotatable bonds is 5. The Kier molecular flexibility index (Phi) is 4.53. The van der Waals surface area contributed by atoms with E-state index in [1.54, 1.807) is 18.3 Å². The summed E-state index contributed by atoms with van der Waals surface area (Å²) in [5, 5.41) is 8.93. The summed E-state index contributed by atoms with van der Waals surface area (Å²) in [5.41, 5.74) is 2.60. The minimum atomic E-state index is -0.262. The first-order valence-corrected chi connectivity index (χ1v) is 8.93. The molecule has 2 aromatic carbocycles. The molecule has 1 N–H and O–H groups in total. The summed E-state index contributed by atoms with van der Waals surface area (Å²) in [5.74, 6) is 0.773. The highest BCUT2D eigenvalue weighted by molar-refractivity contribution is 7.99. The van der Waals surface area contributed by atoms with Gasteiger partial charge in [0.05, 0.1) is 17.1 Å². The molecule has 0 saturated heterocycles. The van der Waals surface area contributed by atoms with Gasteiger partial charge in [-0.25, -0.2) is 9.37 Å². The van der Waals surface area contributed by atoms with Crippen LogP contribution in [0, 0.1) is 5.82 Å². The van der Waals surface area contributed by atoms with Crippen molar-refractivity contribution in [1.29, 1.82) is 0 Å². The zero-order chi connectivity index (χ0) is 17.9. The van der Waals surface area contributed by atoms with Crippen LogP contribution in [0.3, 0.4) is 0 Å². The molecule has 1 unspecified atom stereocenters. The van der Waals surface area contributed by atoms with Gasteiger partial charge in [0.2, 0.25) is 11.8 Å². The summed E-state index contributed by atoms with van der Waals surface area (Å²) >= 11 is 1.49. The Labute approximate surface area is 153 Å². The Balaban J connectivity index is 1.48. The van der Waals surface area contributed by atoms with Crippen LogP contribution in [0.5, 0.6) is 0 Å². The molecule has 26 heavy (non-hydrogen) atoms. The van der Waals surface area contributed by atoms with Crippen molar-refractivity contribution in [3.05, 3.63) is 72.5 Å². The molecule has 0 radical (unpaired) electrons. The highest BCUT2D eigenvalue weighted by Crippen LogP contribution is 2.34. The average molecular weight is 366 g/mol. The van der Waals surface area contributed by atoms with E-state index in [4.69, 9.17) is 4.42 Å². The second-order valence-corrected chi connectivity index (χ2v) is 7.01. The molecule has 0 aliphatic rings. The molecule has 0 saturated carbocycles. The van der Waals surface area contributed by atoms with Gasteiger partial charge < -0.3 is 9.40 Å². The number of hydrogen-bond acceptors (Lipinski definition) is 5. The minimum Gasteiger partial charge on any atom is -0.419 e. The molecule has 0 aliphatic heterocycles. The van der Waals surface area contributed by atoms with E-state index in [0.717, 1.165) is 22.0 Å². The topological polar surface area (TPSA) is 67.6 Å². The second kappa shape index (κ2) is 7.13. The predicted molar refractivity (Wildman–Crippen MR) is 98.0 cm³/mol. The lowest BCUT2D eigenvalue weighted by Crippen LogP contribution is -1.89. The number of imidazole rings is 1. The third kappa shape index (κ3) is 3.52. The van der Waals surface area contributed by atoms with Crippen molar-refractivity contribution in [2.24, 2.45) is 0 Å². The summed E-state index contributed by atoms with van der Waals surface area (Å²) in [6.07, 6.45) is 1.73. The minimum absolute atomic E-state index is 0.0628. The third-order valence-electron chi connectivity index (χ3n) is 3.81. The van der Waals surface area contributed by atoms with E-state index in [1.807, 2.05) is 37.3 Å². The number of nitrogens with one attached hydrogen (secondary N) is 1. The summed E-state index contributed by atoms with van der Waals surface area (Å²) < 4.78 is 18.8. The molecule has 0 spiro atoms. The van der Waals surface area contributed by atoms with Crippen molar-refractivity contribution in [2.75, 3.05) is 0 Å². The molecule has 1 atom stereocenters. The SMILES string of the molecule is CC(Sc1ncc(-c2ccc(F)cc2)[nH]1)c1nnc(-c2ccccc2)o1. The maximum Gasteiger partial charge on any atom is 0.247 e. The van der Waals surface area contributed by atoms with Gasteiger partial charge in [0.15, 0.2) is 5.16 Å². The van der Waals surface area contributed by atoms with Gasteiger partial charge in [-0.1, -0.05) is 30.0 Å². The van der Waals surface area contributed by atoms with Crippen LogP contribution in [-0.2, 0) is 0 Å². The number of nitrogens with zero attached hydrogens (tertiary/aromatic N) is 3. The van der Waals surface area contributed by atoms with Crippen LogP contribution < -0.4 is 0 Å². The highest BCUT2D eigenvalue weighted by Gasteiger charge is 2.18. The smallest absolute Gasteiger partial charge is 0.247 e. The first-order chi connectivity index (χ1) is 12.7. The van der Waals surface area contributed by atoms with Gasteiger partial charge in [0.1, 0.15) is 5.82 Å². The molecular weight excluding hydrogens is 351 g/mol. The molecule has 5 nitrogen and oxygen atoms in total. The van der Waals surface area contributed by atoms with E-state index < -0.39 is 0 Å². The maximum absolute atomic E-state index is 13.0. The van der Waals surface area contributed by atoms with Crippen LogP contribution in [0.1, 0.15) is 18.1 Å². The van der Waals surface area contributed by atoms with Crippen LogP contribution in [0.4, 0.5) is 4.39 Å². The molecular formula is C19H15FN4OS. The van der Waals surface area contributed by atoms with Crippen molar-refractivity contribution in [3.8, 4) is 22.7 Å². The average Bonchev–Trinajstić information content (AvgIpc) is 3.33. The number of aromatic amines is 1. The van der Waals surface area contributed by atoms with E-state index in [1.165, 1.54) is 23.9 Å². The van der Waals surface area contributed by atoms with Gasteiger partial charge in [0.25, 0.3) is 0 Å². The standard InChI is InChI=1S/C19H15FN4OS/c1-12(17-23-24-18(25-17)14-5-3-2-4-6-14)26-19-21-11-16(22-19)13-7-9-15(20)10-8-13/h2-12H,1H3,(H,21,22). The fourth-order valence-electron chi connectivity index (χ4n) is 2.45. The number of thioether (sulfide) groups is 1. The summed E-state index contributed by atoms with van der Waals surface area (Å²) in [4.78, 5) is 7.60. The van der Waals surface area contributed by atoms with Crippen molar-refractivity contribution in [3.63, 3.8) is 0 Å². The van der Waals surface area contributed by atoms with Gasteiger partial charge in [0, 0.05) is 5.56 Å². The lowest BCUT2D eigenvalue weighted by Gasteiger charge is -2.03. The van der Waals surface area contributed by atoms with E-state index in [9.17, 15) is 4.39 Å². The summed E-state index contributed by atoms with van der Waals surface area (Å²) in [7, 11) is 0. The van der Waals surface area contributed by atoms with Crippen molar-refractivity contribution in [2.45, 2.75) is 17.3 Å². The van der Waals surface area contributed by atoms with Crippen molar-refractivity contribution >= 4 is 11.8 Å². The van der Waals surface area contributed by atoms with Crippen LogP contribution in [0.25, 0.3) is 22.7 Å². The van der Waals surface area contributed by atoms with Crippen LogP contribution in [0.15, 0.2) is 70.4 Å². The molecule has 2 aromatic heterocycles. The molecule has 0 amide bonds. The first-order valence-electron chi connectivity index (χ1n) is 8.05. The molecule has 0 aliphatic carbocycles. The molecule has 130 valence electrons. The number of halogens is 1. The maximum atomic E-state index is 13.0. The van der Waals surface area contributed by atoms with Gasteiger partial charge in [-0.05, 0) is 48.9 Å². The van der Waals surface area contributed by atoms with E-state index >= 15 is 0 Å². The Hall–Kier alpha value is -2.93. The van der Waals surface area contributed by atoms with E-state index in [-0.39, 0.29) is 11.1 Å². The normalized spacial score (nSPS) is 12.2. The Morgan fingerprint density at radius 2 is 1.77 bits per heavy atom. The zero-order valence-electron chi connectivity index (χ0n) is 13.9. The Bertz CT molecular complexity index is 998. The summed E-state index contributed by atoms with van der Waals surface area (Å²) in [6.45, 7) is 1.98. The summed E-state index contributed by atoms with van der Waals surface area (Å²) in [6, 6.07) is 15.9.